The molecule has 1 amide bonds. The molecule has 0 spiro atoms. The number of thioether (sulfide) groups is 1. The number of amides is 1. The van der Waals surface area contributed by atoms with Crippen LogP contribution in [-0.2, 0) is 4.79 Å². The molecule has 2 aromatic carbocycles. The van der Waals surface area contributed by atoms with E-state index < -0.39 is 0 Å². The molecule has 4 aromatic rings. The minimum atomic E-state index is -0.129. The summed E-state index contributed by atoms with van der Waals surface area (Å²) in [5.74, 6) is 0.0908. The number of aryl methyl sites for hydroxylation is 2. The average molecular weight is 397 g/mol. The van der Waals surface area contributed by atoms with E-state index in [2.05, 4.69) is 37.3 Å². The van der Waals surface area contributed by atoms with Gasteiger partial charge < -0.3 is 5.32 Å². The van der Waals surface area contributed by atoms with E-state index >= 15 is 0 Å². The van der Waals surface area contributed by atoms with Crippen LogP contribution < -0.4 is 5.32 Å². The number of aromatic nitrogens is 5. The van der Waals surface area contributed by atoms with Gasteiger partial charge in [0.2, 0.25) is 5.91 Å². The van der Waals surface area contributed by atoms with Crippen molar-refractivity contribution in [1.82, 2.24) is 23.5 Å². The molecule has 27 heavy (non-hydrogen) atoms. The summed E-state index contributed by atoms with van der Waals surface area (Å²) in [6.45, 7) is 4.10. The molecule has 7 nitrogen and oxygen atoms in total. The van der Waals surface area contributed by atoms with Crippen LogP contribution in [0.1, 0.15) is 11.1 Å². The van der Waals surface area contributed by atoms with Crippen LogP contribution in [0.3, 0.4) is 0 Å². The first-order valence-corrected chi connectivity index (χ1v) is 9.95. The molecule has 9 heteroatoms. The number of hydrogen-bond donors (Lipinski definition) is 1. The van der Waals surface area contributed by atoms with Crippen molar-refractivity contribution in [2.24, 2.45) is 0 Å². The molecule has 0 atom stereocenters. The predicted octanol–water partition coefficient (Wildman–Crippen LogP) is 3.62. The lowest BCUT2D eigenvalue weighted by Crippen LogP contribution is -2.14. The van der Waals surface area contributed by atoms with E-state index in [0.29, 0.717) is 16.4 Å². The quantitative estimate of drug-likeness (QED) is 0.519. The minimum Gasteiger partial charge on any atom is -0.323 e. The van der Waals surface area contributed by atoms with Crippen LogP contribution >= 0.6 is 23.5 Å². The Morgan fingerprint density at radius 1 is 1.22 bits per heavy atom. The number of carbonyl (C=O) groups excluding carboxylic acids is 1. The van der Waals surface area contributed by atoms with Gasteiger partial charge in [-0.15, -0.1) is 10.2 Å². The van der Waals surface area contributed by atoms with E-state index in [1.165, 1.54) is 17.3 Å². The van der Waals surface area contributed by atoms with Gasteiger partial charge in [0.1, 0.15) is 17.4 Å². The normalized spacial score (nSPS) is 11.0. The maximum atomic E-state index is 12.4. The summed E-state index contributed by atoms with van der Waals surface area (Å²) in [6, 6.07) is 11.7. The van der Waals surface area contributed by atoms with Crippen molar-refractivity contribution in [2.75, 3.05) is 11.1 Å². The first-order valence-electron chi connectivity index (χ1n) is 8.23. The molecule has 4 rings (SSSR count). The number of anilines is 1. The Morgan fingerprint density at radius 3 is 2.96 bits per heavy atom. The third-order valence-electron chi connectivity index (χ3n) is 4.02. The van der Waals surface area contributed by atoms with Gasteiger partial charge in [-0.05, 0) is 37.6 Å². The van der Waals surface area contributed by atoms with Crippen LogP contribution in [0.4, 0.5) is 5.69 Å². The van der Waals surface area contributed by atoms with E-state index in [4.69, 9.17) is 0 Å². The lowest BCUT2D eigenvalue weighted by molar-refractivity contribution is -0.113. The van der Waals surface area contributed by atoms with Crippen LogP contribution in [0.15, 0.2) is 47.9 Å². The van der Waals surface area contributed by atoms with E-state index in [0.717, 1.165) is 28.5 Å². The highest BCUT2D eigenvalue weighted by molar-refractivity contribution is 7.99. The SMILES string of the molecule is Cc1ccc(-n2cnnc2SCC(=O)Nc2cccc3nsnc23)c(C)c1. The lowest BCUT2D eigenvalue weighted by atomic mass is 10.1. The number of benzene rings is 2. The molecular formula is C18H16N6OS2. The fourth-order valence-electron chi connectivity index (χ4n) is 2.79. The highest BCUT2D eigenvalue weighted by Gasteiger charge is 2.13. The topological polar surface area (TPSA) is 85.6 Å². The first kappa shape index (κ1) is 17.6. The van der Waals surface area contributed by atoms with Crippen LogP contribution in [-0.4, -0.2) is 35.2 Å². The fourth-order valence-corrected chi connectivity index (χ4v) is 4.06. The highest BCUT2D eigenvalue weighted by Crippen LogP contribution is 2.24. The van der Waals surface area contributed by atoms with Gasteiger partial charge in [-0.2, -0.15) is 8.75 Å². The summed E-state index contributed by atoms with van der Waals surface area (Å²) >= 11 is 2.47. The molecular weight excluding hydrogens is 380 g/mol. The van der Waals surface area contributed by atoms with Gasteiger partial charge in [0.15, 0.2) is 5.16 Å². The Morgan fingerprint density at radius 2 is 2.11 bits per heavy atom. The molecule has 2 aromatic heterocycles. The van der Waals surface area contributed by atoms with Gasteiger partial charge >= 0.3 is 0 Å². The van der Waals surface area contributed by atoms with Crippen molar-refractivity contribution in [3.8, 4) is 5.69 Å². The van der Waals surface area contributed by atoms with Crippen molar-refractivity contribution in [3.63, 3.8) is 0 Å². The van der Waals surface area contributed by atoms with Crippen molar-refractivity contribution >= 4 is 46.1 Å². The summed E-state index contributed by atoms with van der Waals surface area (Å²) in [4.78, 5) is 12.4. The number of hydrogen-bond acceptors (Lipinski definition) is 7. The van der Waals surface area contributed by atoms with Crippen LogP contribution in [0, 0.1) is 13.8 Å². The van der Waals surface area contributed by atoms with E-state index in [-0.39, 0.29) is 11.7 Å². The number of nitrogens with one attached hydrogen (secondary N) is 1. The van der Waals surface area contributed by atoms with E-state index in [1.807, 2.05) is 41.8 Å². The van der Waals surface area contributed by atoms with Gasteiger partial charge in [0, 0.05) is 0 Å². The lowest BCUT2D eigenvalue weighted by Gasteiger charge is -2.10. The predicted molar refractivity (Wildman–Crippen MR) is 108 cm³/mol. The van der Waals surface area contributed by atoms with Gasteiger partial charge in [0.05, 0.1) is 28.9 Å². The maximum Gasteiger partial charge on any atom is 0.234 e. The van der Waals surface area contributed by atoms with Crippen molar-refractivity contribution in [2.45, 2.75) is 19.0 Å². The van der Waals surface area contributed by atoms with Crippen LogP contribution in [0.25, 0.3) is 16.7 Å². The fraction of sp³-hybridized carbons (Fsp3) is 0.167. The molecule has 0 saturated heterocycles. The molecule has 136 valence electrons. The smallest absolute Gasteiger partial charge is 0.234 e. The first-order chi connectivity index (χ1) is 13.1. The average Bonchev–Trinajstić information content (AvgIpc) is 3.29. The molecule has 2 heterocycles. The summed E-state index contributed by atoms with van der Waals surface area (Å²) in [6.07, 6.45) is 1.67. The molecule has 1 N–H and O–H groups in total. The molecule has 0 unspecified atom stereocenters. The Labute approximate surface area is 164 Å². The summed E-state index contributed by atoms with van der Waals surface area (Å²) < 4.78 is 10.3. The van der Waals surface area contributed by atoms with Crippen LogP contribution in [0.5, 0.6) is 0 Å². The largest absolute Gasteiger partial charge is 0.323 e. The minimum absolute atomic E-state index is 0.129. The Hall–Kier alpha value is -2.78. The zero-order valence-electron chi connectivity index (χ0n) is 14.7. The number of carbonyl (C=O) groups is 1. The van der Waals surface area contributed by atoms with E-state index in [9.17, 15) is 4.79 Å². The second-order valence-corrected chi connectivity index (χ2v) is 7.52. The van der Waals surface area contributed by atoms with Gasteiger partial charge in [-0.3, -0.25) is 9.36 Å². The second kappa shape index (κ2) is 7.45. The summed E-state index contributed by atoms with van der Waals surface area (Å²) in [5.41, 5.74) is 5.49. The second-order valence-electron chi connectivity index (χ2n) is 6.05. The molecule has 0 fully saturated rings. The third kappa shape index (κ3) is 3.69. The molecule has 0 aliphatic carbocycles. The van der Waals surface area contributed by atoms with Gasteiger partial charge in [-0.25, -0.2) is 0 Å². The molecule has 0 aliphatic rings. The Balaban J connectivity index is 1.47. The van der Waals surface area contributed by atoms with Crippen molar-refractivity contribution < 1.29 is 4.79 Å². The van der Waals surface area contributed by atoms with Gasteiger partial charge in [0.25, 0.3) is 0 Å². The Kier molecular flexibility index (Phi) is 4.87. The monoisotopic (exact) mass is 396 g/mol. The van der Waals surface area contributed by atoms with Gasteiger partial charge in [-0.1, -0.05) is 35.5 Å². The van der Waals surface area contributed by atoms with Crippen molar-refractivity contribution in [3.05, 3.63) is 53.9 Å². The summed E-state index contributed by atoms with van der Waals surface area (Å²) in [5, 5.41) is 11.7. The van der Waals surface area contributed by atoms with E-state index in [1.54, 1.807) is 6.33 Å². The molecule has 0 saturated carbocycles. The van der Waals surface area contributed by atoms with Crippen LogP contribution in [0.2, 0.25) is 0 Å². The number of rotatable bonds is 5. The zero-order chi connectivity index (χ0) is 18.8. The number of fused-ring (bicyclic) bond motifs is 1. The molecule has 0 aliphatic heterocycles. The Bertz CT molecular complexity index is 1120. The standard InChI is InChI=1S/C18H16N6OS2/c1-11-6-7-15(12(2)8-11)24-10-19-21-18(24)26-9-16(25)20-13-4-3-5-14-17(13)23-27-22-14/h3-8,10H,9H2,1-2H3,(H,20,25). The molecule has 0 bridgehead atoms. The summed E-state index contributed by atoms with van der Waals surface area (Å²) in [7, 11) is 0. The third-order valence-corrected chi connectivity index (χ3v) is 5.51. The highest BCUT2D eigenvalue weighted by atomic mass is 32.2. The maximum absolute atomic E-state index is 12.4. The number of nitrogens with zero attached hydrogens (tertiary/aromatic N) is 5. The molecule has 0 radical (unpaired) electrons. The van der Waals surface area contributed by atoms with Crippen molar-refractivity contribution in [1.29, 1.82) is 0 Å². The zero-order valence-corrected chi connectivity index (χ0v) is 16.3.